The number of nitrogens with one attached hydrogen (secondary N) is 2. The molecule has 5 nitrogen and oxygen atoms in total. The predicted molar refractivity (Wildman–Crippen MR) is 58.9 cm³/mol. The second kappa shape index (κ2) is 4.67. The number of aromatic nitrogens is 2. The van der Waals surface area contributed by atoms with Gasteiger partial charge in [0.1, 0.15) is 17.3 Å². The first-order chi connectivity index (χ1) is 7.75. The lowest BCUT2D eigenvalue weighted by molar-refractivity contribution is 0.443. The molecule has 0 radical (unpaired) electrons. The number of imidazole rings is 1. The van der Waals surface area contributed by atoms with Crippen molar-refractivity contribution in [3.8, 4) is 11.5 Å². The van der Waals surface area contributed by atoms with Crippen molar-refractivity contribution in [2.24, 2.45) is 0 Å². The second-order valence-electron chi connectivity index (χ2n) is 3.45. The first-order valence-electron chi connectivity index (χ1n) is 4.95. The minimum absolute atomic E-state index is 0.0623. The van der Waals surface area contributed by atoms with E-state index in [1.165, 1.54) is 6.07 Å². The van der Waals surface area contributed by atoms with Gasteiger partial charge in [-0.25, -0.2) is 4.98 Å². The van der Waals surface area contributed by atoms with Gasteiger partial charge in [0.2, 0.25) is 0 Å². The summed E-state index contributed by atoms with van der Waals surface area (Å²) in [4.78, 5) is 7.03. The van der Waals surface area contributed by atoms with Gasteiger partial charge in [-0.1, -0.05) is 6.07 Å². The minimum atomic E-state index is 0.0623. The summed E-state index contributed by atoms with van der Waals surface area (Å²) in [5.41, 5.74) is 0.740. The smallest absolute Gasteiger partial charge is 0.123 e. The molecule has 5 heteroatoms. The fourth-order valence-electron chi connectivity index (χ4n) is 1.41. The number of nitrogens with zero attached hydrogens (tertiary/aromatic N) is 1. The molecule has 1 aromatic heterocycles. The molecule has 0 saturated heterocycles. The van der Waals surface area contributed by atoms with Gasteiger partial charge in [-0.3, -0.25) is 0 Å². The topological polar surface area (TPSA) is 81.2 Å². The maximum atomic E-state index is 9.53. The van der Waals surface area contributed by atoms with Gasteiger partial charge >= 0.3 is 0 Å². The van der Waals surface area contributed by atoms with Crippen LogP contribution >= 0.6 is 0 Å². The molecule has 0 fully saturated rings. The molecule has 0 aliphatic heterocycles. The summed E-state index contributed by atoms with van der Waals surface area (Å²) in [6.07, 6.45) is 3.45. The van der Waals surface area contributed by atoms with Gasteiger partial charge in [-0.2, -0.15) is 0 Å². The van der Waals surface area contributed by atoms with E-state index < -0.39 is 0 Å². The van der Waals surface area contributed by atoms with Crippen LogP contribution in [0.1, 0.15) is 11.4 Å². The highest BCUT2D eigenvalue weighted by molar-refractivity contribution is 5.38. The Labute approximate surface area is 92.8 Å². The maximum Gasteiger partial charge on any atom is 0.123 e. The highest BCUT2D eigenvalue weighted by atomic mass is 16.3. The molecule has 0 saturated carbocycles. The van der Waals surface area contributed by atoms with E-state index in [2.05, 4.69) is 15.3 Å². The molecule has 0 amide bonds. The number of phenolic OH excluding ortho intramolecular Hbond substituents is 2. The number of benzene rings is 1. The number of aromatic amines is 1. The first-order valence-corrected chi connectivity index (χ1v) is 4.95. The van der Waals surface area contributed by atoms with Crippen LogP contribution in [0.25, 0.3) is 0 Å². The van der Waals surface area contributed by atoms with Crippen LogP contribution in [-0.2, 0) is 13.1 Å². The number of hydrogen-bond acceptors (Lipinski definition) is 4. The molecule has 0 aliphatic rings. The Morgan fingerprint density at radius 1 is 1.25 bits per heavy atom. The molecule has 1 heterocycles. The lowest BCUT2D eigenvalue weighted by atomic mass is 10.2. The number of hydrogen-bond donors (Lipinski definition) is 4. The van der Waals surface area contributed by atoms with Crippen LogP contribution < -0.4 is 5.32 Å². The van der Waals surface area contributed by atoms with Crippen LogP contribution in [-0.4, -0.2) is 20.2 Å². The van der Waals surface area contributed by atoms with Crippen LogP contribution in [0.2, 0.25) is 0 Å². The third-order valence-corrected chi connectivity index (χ3v) is 2.23. The van der Waals surface area contributed by atoms with Crippen molar-refractivity contribution >= 4 is 0 Å². The standard InChI is InChI=1S/C11H13N3O2/c15-9-2-1-8(10(16)5-9)6-12-7-11-13-3-4-14-11/h1-5,12,15-16H,6-7H2,(H,13,14). The van der Waals surface area contributed by atoms with Crippen LogP contribution in [0.15, 0.2) is 30.6 Å². The molecule has 2 rings (SSSR count). The van der Waals surface area contributed by atoms with Crippen molar-refractivity contribution in [2.45, 2.75) is 13.1 Å². The summed E-state index contributed by atoms with van der Waals surface area (Å²) in [5.74, 6) is 0.998. The molecule has 0 bridgehead atoms. The lowest BCUT2D eigenvalue weighted by Crippen LogP contribution is -2.13. The highest BCUT2D eigenvalue weighted by Crippen LogP contribution is 2.22. The lowest BCUT2D eigenvalue weighted by Gasteiger charge is -2.05. The molecule has 0 atom stereocenters. The van der Waals surface area contributed by atoms with Gasteiger partial charge in [0.15, 0.2) is 0 Å². The van der Waals surface area contributed by atoms with Crippen molar-refractivity contribution in [3.63, 3.8) is 0 Å². The average Bonchev–Trinajstić information content (AvgIpc) is 2.74. The van der Waals surface area contributed by atoms with Crippen molar-refractivity contribution in [3.05, 3.63) is 42.0 Å². The Bertz CT molecular complexity index is 454. The third kappa shape index (κ3) is 2.52. The average molecular weight is 219 g/mol. The maximum absolute atomic E-state index is 9.53. The third-order valence-electron chi connectivity index (χ3n) is 2.23. The van der Waals surface area contributed by atoms with Crippen LogP contribution in [0.4, 0.5) is 0 Å². The summed E-state index contributed by atoms with van der Waals surface area (Å²) in [6.45, 7) is 1.13. The monoisotopic (exact) mass is 219 g/mol. The van der Waals surface area contributed by atoms with Gasteiger partial charge in [0.25, 0.3) is 0 Å². The Morgan fingerprint density at radius 2 is 2.12 bits per heavy atom. The fourth-order valence-corrected chi connectivity index (χ4v) is 1.41. The van der Waals surface area contributed by atoms with E-state index in [9.17, 15) is 5.11 Å². The van der Waals surface area contributed by atoms with Gasteiger partial charge < -0.3 is 20.5 Å². The van der Waals surface area contributed by atoms with Crippen LogP contribution in [0.5, 0.6) is 11.5 Å². The summed E-state index contributed by atoms with van der Waals surface area (Å²) in [5, 5.41) is 21.8. The van der Waals surface area contributed by atoms with Gasteiger partial charge in [-0.15, -0.1) is 0 Å². The van der Waals surface area contributed by atoms with Gasteiger partial charge in [-0.05, 0) is 6.07 Å². The largest absolute Gasteiger partial charge is 0.508 e. The zero-order chi connectivity index (χ0) is 11.4. The van der Waals surface area contributed by atoms with E-state index in [1.807, 2.05) is 0 Å². The Hall–Kier alpha value is -2.01. The van der Waals surface area contributed by atoms with E-state index in [0.717, 1.165) is 11.4 Å². The molecule has 2 aromatic rings. The van der Waals surface area contributed by atoms with Crippen LogP contribution in [0.3, 0.4) is 0 Å². The Kier molecular flexibility index (Phi) is 3.07. The molecule has 16 heavy (non-hydrogen) atoms. The van der Waals surface area contributed by atoms with Gasteiger partial charge in [0, 0.05) is 30.6 Å². The zero-order valence-corrected chi connectivity index (χ0v) is 8.64. The molecule has 0 aliphatic carbocycles. The number of aromatic hydroxyl groups is 2. The molecular formula is C11H13N3O2. The highest BCUT2D eigenvalue weighted by Gasteiger charge is 2.02. The van der Waals surface area contributed by atoms with E-state index in [4.69, 9.17) is 5.11 Å². The zero-order valence-electron chi connectivity index (χ0n) is 8.64. The van der Waals surface area contributed by atoms with Gasteiger partial charge in [0.05, 0.1) is 6.54 Å². The molecule has 4 N–H and O–H groups in total. The molecule has 0 spiro atoms. The summed E-state index contributed by atoms with van der Waals surface area (Å²) < 4.78 is 0. The number of rotatable bonds is 4. The van der Waals surface area contributed by atoms with Crippen molar-refractivity contribution in [1.29, 1.82) is 0 Å². The second-order valence-corrected chi connectivity index (χ2v) is 3.45. The quantitative estimate of drug-likeness (QED) is 0.621. The fraction of sp³-hybridized carbons (Fsp3) is 0.182. The van der Waals surface area contributed by atoms with Crippen LogP contribution in [0, 0.1) is 0 Å². The SMILES string of the molecule is Oc1ccc(CNCc2ncc[nH]2)c(O)c1. The minimum Gasteiger partial charge on any atom is -0.508 e. The van der Waals surface area contributed by atoms with E-state index in [1.54, 1.807) is 24.5 Å². The molecule has 1 aromatic carbocycles. The van der Waals surface area contributed by atoms with E-state index >= 15 is 0 Å². The predicted octanol–water partition coefficient (Wildman–Crippen LogP) is 1.11. The first kappa shape index (κ1) is 10.5. The Morgan fingerprint density at radius 3 is 2.81 bits per heavy atom. The van der Waals surface area contributed by atoms with E-state index in [-0.39, 0.29) is 11.5 Å². The molecule has 84 valence electrons. The number of phenols is 2. The van der Waals surface area contributed by atoms with E-state index in [0.29, 0.717) is 13.1 Å². The summed E-state index contributed by atoms with van der Waals surface area (Å²) in [6, 6.07) is 4.55. The van der Waals surface area contributed by atoms with Crippen molar-refractivity contribution in [2.75, 3.05) is 0 Å². The van der Waals surface area contributed by atoms with Crippen molar-refractivity contribution in [1.82, 2.24) is 15.3 Å². The summed E-state index contributed by atoms with van der Waals surface area (Å²) in [7, 11) is 0. The normalized spacial score (nSPS) is 10.5. The number of H-pyrrole nitrogens is 1. The Balaban J connectivity index is 1.90. The summed E-state index contributed by atoms with van der Waals surface area (Å²) >= 11 is 0. The molecular weight excluding hydrogens is 206 g/mol. The van der Waals surface area contributed by atoms with Crippen molar-refractivity contribution < 1.29 is 10.2 Å². The molecule has 0 unspecified atom stereocenters.